The van der Waals surface area contributed by atoms with Crippen LogP contribution in [0.2, 0.25) is 0 Å². The molecule has 1 aromatic rings. The maximum absolute atomic E-state index is 12.6. The molecular weight excluding hydrogens is 308 g/mol. The largest absolute Gasteiger partial charge is 0.494 e. The van der Waals surface area contributed by atoms with Gasteiger partial charge in [0, 0.05) is 26.2 Å². The SMILES string of the molecule is CCOc1ccc(S(=O)(=O)N2CCN(C(=O)OC)CC2)cc1. The van der Waals surface area contributed by atoms with Crippen molar-refractivity contribution < 1.29 is 22.7 Å². The number of nitrogens with zero attached hydrogens (tertiary/aromatic N) is 2. The van der Waals surface area contributed by atoms with E-state index in [0.717, 1.165) is 0 Å². The molecule has 7 nitrogen and oxygen atoms in total. The van der Waals surface area contributed by atoms with E-state index >= 15 is 0 Å². The van der Waals surface area contributed by atoms with Gasteiger partial charge >= 0.3 is 6.09 Å². The first kappa shape index (κ1) is 16.6. The molecule has 1 aromatic carbocycles. The molecule has 1 saturated heterocycles. The number of hydrogen-bond donors (Lipinski definition) is 0. The number of carbonyl (C=O) groups excluding carboxylic acids is 1. The molecule has 1 amide bonds. The van der Waals surface area contributed by atoms with Crippen LogP contribution in [-0.2, 0) is 14.8 Å². The highest BCUT2D eigenvalue weighted by Crippen LogP contribution is 2.21. The maximum Gasteiger partial charge on any atom is 0.409 e. The van der Waals surface area contributed by atoms with Gasteiger partial charge in [0.2, 0.25) is 10.0 Å². The standard InChI is InChI=1S/C14H20N2O5S/c1-3-21-12-4-6-13(7-5-12)22(18,19)16-10-8-15(9-11-16)14(17)20-2/h4-7H,3,8-11H2,1-2H3. The second-order valence-corrected chi connectivity index (χ2v) is 6.70. The Balaban J connectivity index is 2.06. The number of amides is 1. The Morgan fingerprint density at radius 3 is 2.23 bits per heavy atom. The number of carbonyl (C=O) groups is 1. The molecule has 1 aliphatic heterocycles. The van der Waals surface area contributed by atoms with E-state index in [4.69, 9.17) is 4.74 Å². The zero-order valence-corrected chi connectivity index (χ0v) is 13.5. The van der Waals surface area contributed by atoms with Gasteiger partial charge in [-0.15, -0.1) is 0 Å². The summed E-state index contributed by atoms with van der Waals surface area (Å²) >= 11 is 0. The van der Waals surface area contributed by atoms with Gasteiger partial charge in [-0.1, -0.05) is 0 Å². The predicted octanol–water partition coefficient (Wildman–Crippen LogP) is 1.16. The summed E-state index contributed by atoms with van der Waals surface area (Å²) in [5, 5.41) is 0. The first-order valence-corrected chi connectivity index (χ1v) is 8.49. The number of benzene rings is 1. The van der Waals surface area contributed by atoms with Gasteiger partial charge in [0.1, 0.15) is 5.75 Å². The fraction of sp³-hybridized carbons (Fsp3) is 0.500. The molecule has 0 aliphatic carbocycles. The molecule has 0 bridgehead atoms. The Morgan fingerprint density at radius 1 is 1.14 bits per heavy atom. The predicted molar refractivity (Wildman–Crippen MR) is 80.3 cm³/mol. The van der Waals surface area contributed by atoms with Crippen molar-refractivity contribution in [1.82, 2.24) is 9.21 Å². The van der Waals surface area contributed by atoms with E-state index in [9.17, 15) is 13.2 Å². The molecule has 122 valence electrons. The number of hydrogen-bond acceptors (Lipinski definition) is 5. The number of methoxy groups -OCH3 is 1. The third-order valence-corrected chi connectivity index (χ3v) is 5.36. The highest BCUT2D eigenvalue weighted by Gasteiger charge is 2.30. The number of ether oxygens (including phenoxy) is 2. The summed E-state index contributed by atoms with van der Waals surface area (Å²) in [7, 11) is -2.24. The lowest BCUT2D eigenvalue weighted by molar-refractivity contribution is 0.108. The molecule has 0 radical (unpaired) electrons. The molecule has 8 heteroatoms. The highest BCUT2D eigenvalue weighted by molar-refractivity contribution is 7.89. The van der Waals surface area contributed by atoms with Crippen LogP contribution in [0.1, 0.15) is 6.92 Å². The zero-order chi connectivity index (χ0) is 16.2. The minimum Gasteiger partial charge on any atom is -0.494 e. The van der Waals surface area contributed by atoms with Crippen molar-refractivity contribution in [2.24, 2.45) is 0 Å². The van der Waals surface area contributed by atoms with E-state index in [1.54, 1.807) is 12.1 Å². The third-order valence-electron chi connectivity index (χ3n) is 3.44. The number of piperazine rings is 1. The Kier molecular flexibility index (Phi) is 5.25. The normalized spacial score (nSPS) is 16.4. The van der Waals surface area contributed by atoms with E-state index in [2.05, 4.69) is 4.74 Å². The van der Waals surface area contributed by atoms with Crippen molar-refractivity contribution in [2.45, 2.75) is 11.8 Å². The summed E-state index contributed by atoms with van der Waals surface area (Å²) in [5.74, 6) is 0.636. The van der Waals surface area contributed by atoms with Crippen molar-refractivity contribution >= 4 is 16.1 Å². The van der Waals surface area contributed by atoms with Crippen LogP contribution in [0.5, 0.6) is 5.75 Å². The van der Waals surface area contributed by atoms with E-state index in [0.29, 0.717) is 25.4 Å². The quantitative estimate of drug-likeness (QED) is 0.829. The monoisotopic (exact) mass is 328 g/mol. The first-order chi connectivity index (χ1) is 10.5. The first-order valence-electron chi connectivity index (χ1n) is 7.05. The number of sulfonamides is 1. The van der Waals surface area contributed by atoms with Gasteiger partial charge in [0.15, 0.2) is 0 Å². The van der Waals surface area contributed by atoms with Crippen LogP contribution in [0, 0.1) is 0 Å². The molecule has 1 fully saturated rings. The van der Waals surface area contributed by atoms with E-state index in [1.807, 2.05) is 6.92 Å². The van der Waals surface area contributed by atoms with Crippen LogP contribution < -0.4 is 4.74 Å². The maximum atomic E-state index is 12.6. The van der Waals surface area contributed by atoms with E-state index < -0.39 is 16.1 Å². The molecule has 22 heavy (non-hydrogen) atoms. The van der Waals surface area contributed by atoms with Gasteiger partial charge < -0.3 is 14.4 Å². The van der Waals surface area contributed by atoms with Crippen LogP contribution in [0.4, 0.5) is 4.79 Å². The summed E-state index contributed by atoms with van der Waals surface area (Å²) in [6.45, 7) is 3.55. The zero-order valence-electron chi connectivity index (χ0n) is 12.7. The lowest BCUT2D eigenvalue weighted by Gasteiger charge is -2.33. The second-order valence-electron chi connectivity index (χ2n) is 4.77. The average Bonchev–Trinajstić information content (AvgIpc) is 2.55. The molecule has 2 rings (SSSR count). The third kappa shape index (κ3) is 3.50. The Hall–Kier alpha value is -1.80. The van der Waals surface area contributed by atoms with Gasteiger partial charge in [-0.2, -0.15) is 4.31 Å². The van der Waals surface area contributed by atoms with E-state index in [-0.39, 0.29) is 18.0 Å². The fourth-order valence-electron chi connectivity index (χ4n) is 2.26. The van der Waals surface area contributed by atoms with Gasteiger partial charge in [-0.3, -0.25) is 0 Å². The van der Waals surface area contributed by atoms with Gasteiger partial charge in [-0.25, -0.2) is 13.2 Å². The highest BCUT2D eigenvalue weighted by atomic mass is 32.2. The molecule has 0 N–H and O–H groups in total. The Bertz CT molecular complexity index is 607. The summed E-state index contributed by atoms with van der Waals surface area (Å²) in [6, 6.07) is 6.35. The van der Waals surface area contributed by atoms with Crippen molar-refractivity contribution in [1.29, 1.82) is 0 Å². The van der Waals surface area contributed by atoms with Crippen LogP contribution in [0.3, 0.4) is 0 Å². The molecule has 0 spiro atoms. The Labute approximate surface area is 130 Å². The van der Waals surface area contributed by atoms with Crippen LogP contribution >= 0.6 is 0 Å². The van der Waals surface area contributed by atoms with Gasteiger partial charge in [-0.05, 0) is 31.2 Å². The summed E-state index contributed by atoms with van der Waals surface area (Å²) in [4.78, 5) is 13.1. The van der Waals surface area contributed by atoms with Crippen molar-refractivity contribution in [3.63, 3.8) is 0 Å². The lowest BCUT2D eigenvalue weighted by atomic mass is 10.3. The fourth-order valence-corrected chi connectivity index (χ4v) is 3.69. The minimum absolute atomic E-state index is 0.225. The molecule has 1 heterocycles. The lowest BCUT2D eigenvalue weighted by Crippen LogP contribution is -2.50. The summed E-state index contributed by atoms with van der Waals surface area (Å²) in [6.07, 6.45) is -0.432. The summed E-state index contributed by atoms with van der Waals surface area (Å²) in [5.41, 5.74) is 0. The topological polar surface area (TPSA) is 76.2 Å². The second kappa shape index (κ2) is 6.97. The van der Waals surface area contributed by atoms with Gasteiger partial charge in [0.05, 0.1) is 18.6 Å². The summed E-state index contributed by atoms with van der Waals surface area (Å²) < 4.78 is 36.4. The van der Waals surface area contributed by atoms with Crippen LogP contribution in [-0.4, -0.2) is 63.6 Å². The smallest absolute Gasteiger partial charge is 0.409 e. The molecular formula is C14H20N2O5S. The molecule has 0 aromatic heterocycles. The van der Waals surface area contributed by atoms with Crippen LogP contribution in [0.15, 0.2) is 29.2 Å². The molecule has 1 aliphatic rings. The number of rotatable bonds is 4. The van der Waals surface area contributed by atoms with Crippen LogP contribution in [0.25, 0.3) is 0 Å². The molecule has 0 atom stereocenters. The van der Waals surface area contributed by atoms with Crippen molar-refractivity contribution in [2.75, 3.05) is 39.9 Å². The van der Waals surface area contributed by atoms with E-state index in [1.165, 1.54) is 28.4 Å². The van der Waals surface area contributed by atoms with Crippen molar-refractivity contribution in [3.8, 4) is 5.75 Å². The Morgan fingerprint density at radius 2 is 1.73 bits per heavy atom. The van der Waals surface area contributed by atoms with Crippen molar-refractivity contribution in [3.05, 3.63) is 24.3 Å². The minimum atomic E-state index is -3.55. The average molecular weight is 328 g/mol. The van der Waals surface area contributed by atoms with Gasteiger partial charge in [0.25, 0.3) is 0 Å². The molecule has 0 unspecified atom stereocenters. The molecule has 0 saturated carbocycles.